The molecule has 0 aromatic heterocycles. The Kier molecular flexibility index (Phi) is 9.68. The average molecular weight is 528 g/mol. The Morgan fingerprint density at radius 3 is 2.35 bits per heavy atom. The van der Waals surface area contributed by atoms with Crippen LogP contribution in [0.4, 0.5) is 14.5 Å². The van der Waals surface area contributed by atoms with E-state index < -0.39 is 23.5 Å². The number of hydrogen-bond acceptors (Lipinski definition) is 3. The number of carbonyl (C=O) groups excluding carboxylic acids is 1. The van der Waals surface area contributed by atoms with Gasteiger partial charge in [0, 0.05) is 17.2 Å². The molecule has 3 aromatic carbocycles. The van der Waals surface area contributed by atoms with Crippen LogP contribution in [0, 0.1) is 17.6 Å². The third kappa shape index (κ3) is 7.33. The van der Waals surface area contributed by atoms with Crippen molar-refractivity contribution in [2.24, 2.45) is 5.92 Å². The molecule has 0 saturated carbocycles. The standard InChI is InChI=1S/C28H25ClF2N2O4/c1-17(22(16-32-37)25-24(30)14-13-23(29)26(25)31)7-8-20(15-18-5-3-2-4-6-18)27(34)33-21-11-9-19(10-12-21)28(35)36/h2-7,9-14,16,20,32,37H,8,15H2,1H3,(H,33,34)(H,35,36)/p+1/b17-7-,22-16+. The van der Waals surface area contributed by atoms with E-state index >= 15 is 0 Å². The van der Waals surface area contributed by atoms with E-state index in [-0.39, 0.29) is 34.1 Å². The molecule has 3 rings (SSSR count). The predicted molar refractivity (Wildman–Crippen MR) is 137 cm³/mol. The van der Waals surface area contributed by atoms with Crippen LogP contribution < -0.4 is 10.8 Å². The second kappa shape index (κ2) is 12.9. The first-order valence-electron chi connectivity index (χ1n) is 11.4. The lowest BCUT2D eigenvalue weighted by Crippen LogP contribution is -2.74. The van der Waals surface area contributed by atoms with Crippen molar-refractivity contribution >= 4 is 34.7 Å². The molecule has 0 heterocycles. The number of allylic oxidation sites excluding steroid dienone is 3. The Morgan fingerprint density at radius 2 is 1.73 bits per heavy atom. The molecule has 0 saturated heterocycles. The highest BCUT2D eigenvalue weighted by molar-refractivity contribution is 6.31. The van der Waals surface area contributed by atoms with Crippen LogP contribution >= 0.6 is 11.6 Å². The lowest BCUT2D eigenvalue weighted by Gasteiger charge is -2.17. The Labute approximate surface area is 217 Å². The topological polar surface area (TPSA) is 103 Å². The van der Waals surface area contributed by atoms with Crippen molar-refractivity contribution < 1.29 is 34.2 Å². The van der Waals surface area contributed by atoms with Crippen molar-refractivity contribution in [2.45, 2.75) is 19.8 Å². The van der Waals surface area contributed by atoms with Crippen LogP contribution in [0.5, 0.6) is 0 Å². The Bertz CT molecular complexity index is 1330. The van der Waals surface area contributed by atoms with E-state index in [9.17, 15) is 23.6 Å². The first kappa shape index (κ1) is 27.7. The van der Waals surface area contributed by atoms with E-state index in [0.29, 0.717) is 23.2 Å². The van der Waals surface area contributed by atoms with Crippen molar-refractivity contribution in [3.05, 3.63) is 118 Å². The molecule has 0 aliphatic heterocycles. The van der Waals surface area contributed by atoms with Crippen LogP contribution in [-0.4, -0.2) is 22.2 Å². The molecule has 1 amide bonds. The van der Waals surface area contributed by atoms with Gasteiger partial charge in [0.05, 0.1) is 16.1 Å². The first-order chi connectivity index (χ1) is 17.7. The molecule has 0 aliphatic rings. The van der Waals surface area contributed by atoms with Crippen molar-refractivity contribution in [1.82, 2.24) is 0 Å². The van der Waals surface area contributed by atoms with Gasteiger partial charge in [0.2, 0.25) is 5.91 Å². The lowest BCUT2D eigenvalue weighted by molar-refractivity contribution is -0.837. The molecule has 0 bridgehead atoms. The number of hydrogen-bond donors (Lipinski definition) is 4. The second-order valence-electron chi connectivity index (χ2n) is 8.33. The Morgan fingerprint density at radius 1 is 1.05 bits per heavy atom. The van der Waals surface area contributed by atoms with Gasteiger partial charge < -0.3 is 10.4 Å². The van der Waals surface area contributed by atoms with Gasteiger partial charge in [-0.2, -0.15) is 5.48 Å². The fourth-order valence-electron chi connectivity index (χ4n) is 3.81. The van der Waals surface area contributed by atoms with Crippen molar-refractivity contribution in [2.75, 3.05) is 5.32 Å². The highest BCUT2D eigenvalue weighted by Crippen LogP contribution is 2.31. The fourth-order valence-corrected chi connectivity index (χ4v) is 3.97. The van der Waals surface area contributed by atoms with E-state index in [1.165, 1.54) is 30.5 Å². The van der Waals surface area contributed by atoms with Gasteiger partial charge in [-0.3, -0.25) is 4.79 Å². The minimum absolute atomic E-state index is 0.0862. The highest BCUT2D eigenvalue weighted by atomic mass is 35.5. The van der Waals surface area contributed by atoms with Gasteiger partial charge in [-0.15, -0.1) is 0 Å². The van der Waals surface area contributed by atoms with E-state index in [2.05, 4.69) is 5.32 Å². The van der Waals surface area contributed by atoms with Gasteiger partial charge in [-0.05, 0) is 67.3 Å². The van der Waals surface area contributed by atoms with E-state index in [0.717, 1.165) is 17.7 Å². The summed E-state index contributed by atoms with van der Waals surface area (Å²) in [5.41, 5.74) is 2.27. The summed E-state index contributed by atoms with van der Waals surface area (Å²) in [5, 5.41) is 21.0. The number of carboxylic acid groups (broad SMARTS) is 1. The first-order valence-corrected chi connectivity index (χ1v) is 11.8. The number of rotatable bonds is 10. The number of carboxylic acids is 1. The van der Waals surface area contributed by atoms with Gasteiger partial charge in [0.1, 0.15) is 12.0 Å². The number of amides is 1. The van der Waals surface area contributed by atoms with Crippen LogP contribution in [0.1, 0.15) is 34.8 Å². The van der Waals surface area contributed by atoms with Crippen LogP contribution in [0.3, 0.4) is 0 Å². The number of nitrogens with two attached hydrogens (primary N) is 1. The Balaban J connectivity index is 1.89. The van der Waals surface area contributed by atoms with E-state index in [1.807, 2.05) is 30.3 Å². The number of anilines is 1. The van der Waals surface area contributed by atoms with Gasteiger partial charge >= 0.3 is 5.97 Å². The second-order valence-corrected chi connectivity index (χ2v) is 8.74. The maximum Gasteiger partial charge on any atom is 0.335 e. The summed E-state index contributed by atoms with van der Waals surface area (Å²) in [7, 11) is 0. The molecule has 37 heavy (non-hydrogen) atoms. The average Bonchev–Trinajstić information content (AvgIpc) is 2.89. The van der Waals surface area contributed by atoms with Crippen LogP contribution in [0.2, 0.25) is 5.02 Å². The highest BCUT2D eigenvalue weighted by Gasteiger charge is 2.22. The zero-order chi connectivity index (χ0) is 26.9. The molecule has 9 heteroatoms. The van der Waals surface area contributed by atoms with Crippen molar-refractivity contribution in [1.29, 1.82) is 0 Å². The van der Waals surface area contributed by atoms with E-state index in [1.54, 1.807) is 13.0 Å². The summed E-state index contributed by atoms with van der Waals surface area (Å²) < 4.78 is 29.2. The number of halogens is 3. The predicted octanol–water partition coefficient (Wildman–Crippen LogP) is 5.44. The summed E-state index contributed by atoms with van der Waals surface area (Å²) in [6.45, 7) is 1.62. The number of hydroxylamine groups is 1. The number of quaternary nitrogens is 1. The minimum Gasteiger partial charge on any atom is -0.478 e. The lowest BCUT2D eigenvalue weighted by atomic mass is 9.92. The molecule has 0 radical (unpaired) electrons. The van der Waals surface area contributed by atoms with Gasteiger partial charge in [0.25, 0.3) is 0 Å². The molecule has 1 unspecified atom stereocenters. The summed E-state index contributed by atoms with van der Waals surface area (Å²) in [6.07, 6.45) is 3.44. The van der Waals surface area contributed by atoms with Gasteiger partial charge in [-0.25, -0.2) is 18.8 Å². The molecule has 0 aliphatic carbocycles. The zero-order valence-electron chi connectivity index (χ0n) is 19.9. The van der Waals surface area contributed by atoms with E-state index in [4.69, 9.17) is 16.7 Å². The molecule has 0 fully saturated rings. The third-order valence-electron chi connectivity index (χ3n) is 5.78. The monoisotopic (exact) mass is 527 g/mol. The SMILES string of the molecule is CC(=C/CC(Cc1ccccc1)C(=O)Nc1ccc(C(=O)O)cc1)/C(=C\[NH2+]O)c1c(F)ccc(Cl)c1F. The number of nitrogens with one attached hydrogen (secondary N) is 1. The van der Waals surface area contributed by atoms with Gasteiger partial charge in [-0.1, -0.05) is 48.0 Å². The molecular weight excluding hydrogens is 502 g/mol. The summed E-state index contributed by atoms with van der Waals surface area (Å²) in [6, 6.07) is 17.3. The summed E-state index contributed by atoms with van der Waals surface area (Å²) in [5.74, 6) is -3.74. The third-order valence-corrected chi connectivity index (χ3v) is 6.07. The molecule has 5 N–H and O–H groups in total. The number of benzene rings is 3. The van der Waals surface area contributed by atoms with Crippen LogP contribution in [0.25, 0.3) is 5.57 Å². The molecule has 3 aromatic rings. The summed E-state index contributed by atoms with van der Waals surface area (Å²) in [4.78, 5) is 24.3. The molecular formula is C28H26ClF2N2O4+. The van der Waals surface area contributed by atoms with Crippen molar-refractivity contribution in [3.8, 4) is 0 Å². The molecule has 6 nitrogen and oxygen atoms in total. The minimum atomic E-state index is -1.07. The maximum atomic E-state index is 14.7. The Hall–Kier alpha value is -3.85. The van der Waals surface area contributed by atoms with Crippen LogP contribution in [-0.2, 0) is 11.2 Å². The zero-order valence-corrected chi connectivity index (χ0v) is 20.7. The number of aromatic carboxylic acids is 1. The fraction of sp³-hybridized carbons (Fsp3) is 0.143. The van der Waals surface area contributed by atoms with Gasteiger partial charge in [0.15, 0.2) is 5.82 Å². The van der Waals surface area contributed by atoms with Crippen molar-refractivity contribution in [3.63, 3.8) is 0 Å². The maximum absolute atomic E-state index is 14.7. The molecule has 0 spiro atoms. The normalized spacial score (nSPS) is 12.8. The van der Waals surface area contributed by atoms with Crippen LogP contribution in [0.15, 0.2) is 84.6 Å². The molecule has 192 valence electrons. The quantitative estimate of drug-likeness (QED) is 0.160. The summed E-state index contributed by atoms with van der Waals surface area (Å²) >= 11 is 5.85. The number of carbonyl (C=O) groups is 2. The largest absolute Gasteiger partial charge is 0.478 e. The molecule has 1 atom stereocenters. The smallest absolute Gasteiger partial charge is 0.335 e.